The highest BCUT2D eigenvalue weighted by Gasteiger charge is 2.13. The van der Waals surface area contributed by atoms with Gasteiger partial charge in [0.25, 0.3) is 0 Å². The minimum absolute atomic E-state index is 0.107. The van der Waals surface area contributed by atoms with Gasteiger partial charge in [0, 0.05) is 17.9 Å². The maximum absolute atomic E-state index is 9.15. The first-order valence-electron chi connectivity index (χ1n) is 4.93. The molecular formula is C12H14O3. The summed E-state index contributed by atoms with van der Waals surface area (Å²) in [4.78, 5) is 0. The van der Waals surface area contributed by atoms with Crippen LogP contribution in [0, 0.1) is 0 Å². The molecule has 1 heterocycles. The molecule has 0 fully saturated rings. The summed E-state index contributed by atoms with van der Waals surface area (Å²) in [5.74, 6) is 0.833. The van der Waals surface area contributed by atoms with Gasteiger partial charge in [-0.2, -0.15) is 0 Å². The molecule has 0 radical (unpaired) electrons. The van der Waals surface area contributed by atoms with Crippen LogP contribution in [-0.2, 0) is 0 Å². The maximum atomic E-state index is 9.15. The molecular weight excluding hydrogens is 192 g/mol. The smallest absolute Gasteiger partial charge is 0.175 e. The van der Waals surface area contributed by atoms with E-state index in [0.717, 1.165) is 22.3 Å². The molecule has 1 aromatic carbocycles. The van der Waals surface area contributed by atoms with Crippen molar-refractivity contribution in [3.63, 3.8) is 0 Å². The van der Waals surface area contributed by atoms with Crippen LogP contribution < -0.4 is 4.74 Å². The van der Waals surface area contributed by atoms with Crippen molar-refractivity contribution >= 4 is 11.0 Å². The fourth-order valence-electron chi connectivity index (χ4n) is 1.75. The van der Waals surface area contributed by atoms with Gasteiger partial charge in [0.15, 0.2) is 11.3 Å². The number of furan rings is 1. The zero-order valence-corrected chi connectivity index (χ0v) is 8.86. The van der Waals surface area contributed by atoms with Gasteiger partial charge in [-0.3, -0.25) is 0 Å². The molecule has 1 aromatic heterocycles. The van der Waals surface area contributed by atoms with Crippen LogP contribution in [0.2, 0.25) is 0 Å². The van der Waals surface area contributed by atoms with Crippen molar-refractivity contribution in [2.75, 3.05) is 13.7 Å². The molecule has 80 valence electrons. The third-order valence-electron chi connectivity index (χ3n) is 2.64. The summed E-state index contributed by atoms with van der Waals surface area (Å²) >= 11 is 0. The van der Waals surface area contributed by atoms with E-state index in [4.69, 9.17) is 14.3 Å². The Labute approximate surface area is 88.3 Å². The SMILES string of the molecule is COc1ccc(C(C)CO)c2ccoc12. The molecule has 0 aliphatic rings. The highest BCUT2D eigenvalue weighted by Crippen LogP contribution is 2.32. The molecule has 0 saturated heterocycles. The third-order valence-corrected chi connectivity index (χ3v) is 2.64. The lowest BCUT2D eigenvalue weighted by atomic mass is 9.98. The van der Waals surface area contributed by atoms with Crippen LogP contribution >= 0.6 is 0 Å². The van der Waals surface area contributed by atoms with Crippen molar-refractivity contribution in [3.05, 3.63) is 30.0 Å². The topological polar surface area (TPSA) is 42.6 Å². The largest absolute Gasteiger partial charge is 0.493 e. The average molecular weight is 206 g/mol. The normalized spacial score (nSPS) is 13.0. The third kappa shape index (κ3) is 1.59. The lowest BCUT2D eigenvalue weighted by Gasteiger charge is -2.10. The van der Waals surface area contributed by atoms with Gasteiger partial charge in [-0.15, -0.1) is 0 Å². The van der Waals surface area contributed by atoms with E-state index in [1.165, 1.54) is 0 Å². The molecule has 0 bridgehead atoms. The molecule has 3 heteroatoms. The molecule has 1 atom stereocenters. The minimum Gasteiger partial charge on any atom is -0.493 e. The van der Waals surface area contributed by atoms with Gasteiger partial charge < -0.3 is 14.3 Å². The summed E-state index contributed by atoms with van der Waals surface area (Å²) < 4.78 is 10.6. The number of methoxy groups -OCH3 is 1. The fraction of sp³-hybridized carbons (Fsp3) is 0.333. The number of rotatable bonds is 3. The predicted octanol–water partition coefficient (Wildman–Crippen LogP) is 2.54. The van der Waals surface area contributed by atoms with Crippen molar-refractivity contribution in [2.45, 2.75) is 12.8 Å². The summed E-state index contributed by atoms with van der Waals surface area (Å²) in [6.45, 7) is 2.11. The Bertz CT molecular complexity index is 459. The lowest BCUT2D eigenvalue weighted by molar-refractivity contribution is 0.273. The Morgan fingerprint density at radius 3 is 2.87 bits per heavy atom. The predicted molar refractivity (Wildman–Crippen MR) is 58.3 cm³/mol. The minimum atomic E-state index is 0.107. The highest BCUT2D eigenvalue weighted by molar-refractivity contribution is 5.86. The average Bonchev–Trinajstić information content (AvgIpc) is 2.75. The molecule has 1 N–H and O–H groups in total. The standard InChI is InChI=1S/C12H14O3/c1-8(7-13)9-3-4-11(14-2)12-10(9)5-6-15-12/h3-6,8,13H,7H2,1-2H3. The number of aliphatic hydroxyl groups excluding tert-OH is 1. The number of fused-ring (bicyclic) bond motifs is 1. The first-order chi connectivity index (χ1) is 7.27. The highest BCUT2D eigenvalue weighted by atomic mass is 16.5. The Hall–Kier alpha value is -1.48. The van der Waals surface area contributed by atoms with Crippen LogP contribution in [0.5, 0.6) is 5.75 Å². The van der Waals surface area contributed by atoms with Crippen molar-refractivity contribution in [1.82, 2.24) is 0 Å². The molecule has 3 nitrogen and oxygen atoms in total. The van der Waals surface area contributed by atoms with Crippen LogP contribution in [0.4, 0.5) is 0 Å². The van der Waals surface area contributed by atoms with Crippen molar-refractivity contribution in [2.24, 2.45) is 0 Å². The van der Waals surface area contributed by atoms with Crippen LogP contribution in [0.15, 0.2) is 28.9 Å². The van der Waals surface area contributed by atoms with Gasteiger partial charge in [0.2, 0.25) is 0 Å². The van der Waals surface area contributed by atoms with E-state index >= 15 is 0 Å². The first kappa shape index (κ1) is 10.1. The molecule has 0 spiro atoms. The Morgan fingerprint density at radius 1 is 1.40 bits per heavy atom. The summed E-state index contributed by atoms with van der Waals surface area (Å²) in [5.41, 5.74) is 1.83. The Morgan fingerprint density at radius 2 is 2.20 bits per heavy atom. The molecule has 0 saturated carbocycles. The quantitative estimate of drug-likeness (QED) is 0.839. The van der Waals surface area contributed by atoms with Crippen LogP contribution in [0.25, 0.3) is 11.0 Å². The van der Waals surface area contributed by atoms with Crippen LogP contribution in [-0.4, -0.2) is 18.8 Å². The zero-order valence-electron chi connectivity index (χ0n) is 8.86. The molecule has 2 rings (SSSR count). The monoisotopic (exact) mass is 206 g/mol. The summed E-state index contributed by atoms with van der Waals surface area (Å²) in [5, 5.41) is 10.2. The van der Waals surface area contributed by atoms with E-state index in [2.05, 4.69) is 0 Å². The van der Waals surface area contributed by atoms with Gasteiger partial charge in [-0.25, -0.2) is 0 Å². The summed E-state index contributed by atoms with van der Waals surface area (Å²) in [7, 11) is 1.62. The second-order valence-corrected chi connectivity index (χ2v) is 3.60. The molecule has 0 aliphatic carbocycles. The second-order valence-electron chi connectivity index (χ2n) is 3.60. The molecule has 0 amide bonds. The molecule has 2 aromatic rings. The van der Waals surface area contributed by atoms with Crippen molar-refractivity contribution in [3.8, 4) is 5.75 Å². The van der Waals surface area contributed by atoms with E-state index in [1.54, 1.807) is 13.4 Å². The molecule has 1 unspecified atom stereocenters. The Kier molecular flexibility index (Phi) is 2.64. The number of ether oxygens (including phenoxy) is 1. The molecule has 0 aliphatic heterocycles. The van der Waals surface area contributed by atoms with E-state index in [-0.39, 0.29) is 12.5 Å². The Balaban J connectivity index is 2.63. The van der Waals surface area contributed by atoms with E-state index in [1.807, 2.05) is 25.1 Å². The van der Waals surface area contributed by atoms with Crippen LogP contribution in [0.1, 0.15) is 18.4 Å². The fourth-order valence-corrected chi connectivity index (χ4v) is 1.75. The van der Waals surface area contributed by atoms with E-state index < -0.39 is 0 Å². The van der Waals surface area contributed by atoms with E-state index in [9.17, 15) is 0 Å². The maximum Gasteiger partial charge on any atom is 0.175 e. The summed E-state index contributed by atoms with van der Waals surface area (Å²) in [6, 6.07) is 5.74. The van der Waals surface area contributed by atoms with Gasteiger partial charge in [0.05, 0.1) is 13.4 Å². The van der Waals surface area contributed by atoms with Gasteiger partial charge in [-0.05, 0) is 17.7 Å². The van der Waals surface area contributed by atoms with E-state index in [0.29, 0.717) is 0 Å². The van der Waals surface area contributed by atoms with Crippen molar-refractivity contribution in [1.29, 1.82) is 0 Å². The van der Waals surface area contributed by atoms with Crippen LogP contribution in [0.3, 0.4) is 0 Å². The van der Waals surface area contributed by atoms with Gasteiger partial charge >= 0.3 is 0 Å². The van der Waals surface area contributed by atoms with Gasteiger partial charge in [-0.1, -0.05) is 13.0 Å². The molecule has 15 heavy (non-hydrogen) atoms. The summed E-state index contributed by atoms with van der Waals surface area (Å²) in [6.07, 6.45) is 1.64. The zero-order chi connectivity index (χ0) is 10.8. The number of aliphatic hydroxyl groups is 1. The number of hydrogen-bond acceptors (Lipinski definition) is 3. The second kappa shape index (κ2) is 3.95. The number of benzene rings is 1. The number of hydrogen-bond donors (Lipinski definition) is 1. The lowest BCUT2D eigenvalue weighted by Crippen LogP contribution is -1.99. The van der Waals surface area contributed by atoms with Gasteiger partial charge in [0.1, 0.15) is 0 Å². The first-order valence-corrected chi connectivity index (χ1v) is 4.93. The van der Waals surface area contributed by atoms with Crippen molar-refractivity contribution < 1.29 is 14.3 Å².